The van der Waals surface area contributed by atoms with Crippen LogP contribution in [0.1, 0.15) is 25.0 Å². The summed E-state index contributed by atoms with van der Waals surface area (Å²) in [4.78, 5) is 58.2. The Morgan fingerprint density at radius 2 is 0.796 bits per heavy atom. The fourth-order valence-corrected chi connectivity index (χ4v) is 19.7. The number of hydrogen-bond acceptors (Lipinski definition) is 22. The van der Waals surface area contributed by atoms with Crippen molar-refractivity contribution in [3.8, 4) is 147 Å². The topological polar surface area (TPSA) is 295 Å². The molecule has 2 radical (unpaired) electrons. The van der Waals surface area contributed by atoms with E-state index >= 15 is 0 Å². The largest absolute Gasteiger partial charge is 0.569 e. The Morgan fingerprint density at radius 1 is 0.292 bits per heavy atom. The molecule has 652 valence electrons. The van der Waals surface area contributed by atoms with Gasteiger partial charge in [0, 0.05) is 109 Å². The zero-order valence-corrected chi connectivity index (χ0v) is 75.1. The molecule has 1 aliphatic rings. The van der Waals surface area contributed by atoms with E-state index in [1.807, 2.05) is 261 Å². The van der Waals surface area contributed by atoms with E-state index in [2.05, 4.69) is 131 Å². The summed E-state index contributed by atoms with van der Waals surface area (Å²) in [5.41, 5.74) is 19.5. The Labute approximate surface area is 796 Å². The summed E-state index contributed by atoms with van der Waals surface area (Å²) in [5, 5.41) is 65.2. The molecule has 23 aromatic rings. The molecular weight excluding hydrogens is 1740 g/mol. The van der Waals surface area contributed by atoms with Crippen LogP contribution in [0.3, 0.4) is 0 Å². The molecular formula is C111H76B4N12O8S2. The molecule has 1 aliphatic carbocycles. The van der Waals surface area contributed by atoms with Gasteiger partial charge in [-0.15, -0.1) is 22.7 Å². The molecule has 7 heterocycles. The maximum atomic E-state index is 9.66. The molecule has 6 N–H and O–H groups in total. The summed E-state index contributed by atoms with van der Waals surface area (Å²) in [6.45, 7) is 4.57. The molecule has 0 saturated heterocycles. The molecule has 0 saturated carbocycles. The molecule has 0 bridgehead atoms. The van der Waals surface area contributed by atoms with E-state index in [1.165, 1.54) is 33.6 Å². The van der Waals surface area contributed by atoms with Gasteiger partial charge in [0.25, 0.3) is 0 Å². The van der Waals surface area contributed by atoms with Crippen molar-refractivity contribution in [1.29, 1.82) is 0 Å². The lowest BCUT2D eigenvalue weighted by atomic mass is 9.80. The number of nitrogens with zero attached hydrogens (tertiary/aromatic N) is 12. The SMILES string of the molecule is CC1(C)c2ccccc2-c2c(-c3nc(-c4ccccc4)nc(-c4cccc5c4ccc4ccc(O[B]O)cc45)n3)cccc21.OB(O)c1ccc2sc3cc(-c4nc(-c5ccccc5)c5ccccc5n4)ccc3c2c1.OB(O)c1nc2sc3ccccc3c2nc1-c1ccccc1.O[B]Oc1ccc(-c2nc(-c3ccccc3)nc(-c3ccc(-c4ncccn4)cc3)n2)cc1-c1ccccc1. The molecule has 0 amide bonds. The van der Waals surface area contributed by atoms with Crippen LogP contribution in [0.15, 0.2) is 389 Å². The van der Waals surface area contributed by atoms with Crippen molar-refractivity contribution in [3.63, 3.8) is 0 Å². The maximum Gasteiger partial charge on any atom is 0.569 e. The Balaban J connectivity index is 0.000000112. The van der Waals surface area contributed by atoms with Crippen LogP contribution in [0.25, 0.3) is 209 Å². The van der Waals surface area contributed by atoms with E-state index in [-0.39, 0.29) is 11.0 Å². The lowest BCUT2D eigenvalue weighted by Crippen LogP contribution is -2.35. The van der Waals surface area contributed by atoms with Crippen molar-refractivity contribution in [2.75, 3.05) is 0 Å². The third kappa shape index (κ3) is 17.7. The summed E-state index contributed by atoms with van der Waals surface area (Å²) in [6.07, 6.45) is 3.44. The number of thiophene rings is 2. The zero-order chi connectivity index (χ0) is 93.0. The first kappa shape index (κ1) is 87.3. The standard InChI is InChI=1S/C38H27BN3O2.C31H21BN5O2.C26H17BN2O2S.C16H11BN2O2S/c1-38(2)32-16-7-6-12-29(32)34-30(15-9-17-33(34)38)37-41-35(24-10-4-3-5-11-24)40-36(42-37)28-14-8-13-26-27(28)21-19-23-18-20-25(44-39-43)22-31(23)26;38-32-39-27-17-16-25(20-26(27)21-8-3-1-4-9-21)31-36-29(22-10-5-2-6-11-22)35-30(37-31)24-14-12-23(13-15-24)28-33-18-7-19-34-28;30-27(31)18-11-13-23-21(15-18)19-12-10-17(14-24(19)32-23)26-28-22-9-5-4-8-20(22)25(29-26)16-6-2-1-3-7-16;20-17(21)15-13(10-6-2-1-3-7-10)18-14-11-8-4-5-9-12(11)22-16(14)19-15/h3-22,43H,1-2H3;1-20,38H;1-15,30-31H;1-9,20-21H. The normalized spacial score (nSPS) is 11.7. The highest BCUT2D eigenvalue weighted by Gasteiger charge is 2.38. The number of fused-ring (bicyclic) bond motifs is 13. The summed E-state index contributed by atoms with van der Waals surface area (Å²) in [7, 11) is -1.75. The van der Waals surface area contributed by atoms with Crippen molar-refractivity contribution in [1.82, 2.24) is 59.8 Å². The number of hydrogen-bond donors (Lipinski definition) is 6. The van der Waals surface area contributed by atoms with E-state index in [4.69, 9.17) is 49.2 Å². The molecule has 0 spiro atoms. The predicted octanol–water partition coefficient (Wildman–Crippen LogP) is 21.5. The molecule has 0 aliphatic heterocycles. The van der Waals surface area contributed by atoms with Gasteiger partial charge in [-0.25, -0.2) is 59.8 Å². The lowest BCUT2D eigenvalue weighted by molar-refractivity contribution is 0.423. The van der Waals surface area contributed by atoms with Gasteiger partial charge >= 0.3 is 29.6 Å². The first-order chi connectivity index (χ1) is 67.2. The molecule has 24 rings (SSSR count). The Bertz CT molecular complexity index is 8450. The van der Waals surface area contributed by atoms with Gasteiger partial charge < -0.3 is 39.5 Å². The summed E-state index contributed by atoms with van der Waals surface area (Å²) >= 11 is 3.18. The van der Waals surface area contributed by atoms with Gasteiger partial charge in [0.15, 0.2) is 46.6 Å². The van der Waals surface area contributed by atoms with Gasteiger partial charge in [0.2, 0.25) is 0 Å². The molecule has 7 aromatic heterocycles. The van der Waals surface area contributed by atoms with Crippen LogP contribution in [0, 0.1) is 0 Å². The van der Waals surface area contributed by atoms with Crippen molar-refractivity contribution in [2.45, 2.75) is 19.3 Å². The molecule has 16 aromatic carbocycles. The minimum Gasteiger partial charge on any atom is -0.537 e. The average Bonchev–Trinajstić information content (AvgIpc) is 1.67. The maximum absolute atomic E-state index is 9.66. The van der Waals surface area contributed by atoms with Gasteiger partial charge in [0.05, 0.1) is 22.5 Å². The Morgan fingerprint density at radius 3 is 1.47 bits per heavy atom. The first-order valence-corrected chi connectivity index (χ1v) is 45.8. The van der Waals surface area contributed by atoms with E-state index in [0.29, 0.717) is 89.5 Å². The van der Waals surface area contributed by atoms with Crippen LogP contribution in [0.4, 0.5) is 0 Å². The molecule has 20 nitrogen and oxygen atoms in total. The minimum atomic E-state index is -1.66. The monoisotopic (exact) mass is 1810 g/mol. The van der Waals surface area contributed by atoms with E-state index in [0.717, 1.165) is 141 Å². The van der Waals surface area contributed by atoms with Crippen LogP contribution in [0.2, 0.25) is 0 Å². The van der Waals surface area contributed by atoms with Gasteiger partial charge in [-0.1, -0.05) is 329 Å². The van der Waals surface area contributed by atoms with E-state index in [1.54, 1.807) is 41.9 Å². The highest BCUT2D eigenvalue weighted by atomic mass is 32.1. The van der Waals surface area contributed by atoms with Crippen LogP contribution < -0.4 is 20.4 Å². The van der Waals surface area contributed by atoms with Crippen molar-refractivity contribution < 1.29 is 39.5 Å². The average molecular weight is 1810 g/mol. The number of rotatable bonds is 17. The Hall–Kier alpha value is -16.4. The zero-order valence-electron chi connectivity index (χ0n) is 73.4. The van der Waals surface area contributed by atoms with Crippen molar-refractivity contribution in [2.24, 2.45) is 0 Å². The number of para-hydroxylation sites is 1. The highest BCUT2D eigenvalue weighted by Crippen LogP contribution is 2.52. The third-order valence-corrected chi connectivity index (χ3v) is 26.4. The number of aromatic nitrogens is 12. The van der Waals surface area contributed by atoms with Gasteiger partial charge in [0.1, 0.15) is 21.8 Å². The van der Waals surface area contributed by atoms with Crippen molar-refractivity contribution in [3.05, 3.63) is 400 Å². The van der Waals surface area contributed by atoms with Crippen LogP contribution in [-0.4, -0.2) is 120 Å². The molecule has 0 fully saturated rings. The second kappa shape index (κ2) is 38.3. The minimum absolute atomic E-state index is 0.132. The van der Waals surface area contributed by atoms with Crippen LogP contribution >= 0.6 is 22.7 Å². The van der Waals surface area contributed by atoms with Gasteiger partial charge in [-0.05, 0) is 121 Å². The molecule has 137 heavy (non-hydrogen) atoms. The molecule has 0 atom stereocenters. The third-order valence-electron chi connectivity index (χ3n) is 24.2. The smallest absolute Gasteiger partial charge is 0.537 e. The summed E-state index contributed by atoms with van der Waals surface area (Å²) in [5.74, 6) is 5.93. The Kier molecular flexibility index (Phi) is 24.4. The predicted molar refractivity (Wildman–Crippen MR) is 552 cm³/mol. The van der Waals surface area contributed by atoms with Crippen molar-refractivity contribution >= 4 is 136 Å². The van der Waals surface area contributed by atoms with Crippen LogP contribution in [0.5, 0.6) is 11.5 Å². The lowest BCUT2D eigenvalue weighted by Gasteiger charge is -2.21. The highest BCUT2D eigenvalue weighted by molar-refractivity contribution is 7.26. The summed E-state index contributed by atoms with van der Waals surface area (Å²) < 4.78 is 14.0. The van der Waals surface area contributed by atoms with Crippen LogP contribution in [-0.2, 0) is 5.41 Å². The van der Waals surface area contributed by atoms with E-state index in [9.17, 15) is 30.1 Å². The number of benzene rings is 16. The van der Waals surface area contributed by atoms with Gasteiger partial charge in [-0.3, -0.25) is 0 Å². The quantitative estimate of drug-likeness (QED) is 0.0365. The second-order valence-electron chi connectivity index (χ2n) is 32.9. The summed E-state index contributed by atoms with van der Waals surface area (Å²) in [6, 6.07) is 124. The van der Waals surface area contributed by atoms with E-state index < -0.39 is 14.2 Å². The molecule has 26 heteroatoms. The first-order valence-electron chi connectivity index (χ1n) is 44.1. The fourth-order valence-electron chi connectivity index (χ4n) is 17.5. The molecule has 0 unspecified atom stereocenters. The fraction of sp³-hybridized carbons (Fsp3) is 0.0270. The van der Waals surface area contributed by atoms with Gasteiger partial charge in [-0.2, -0.15) is 0 Å². The second-order valence-corrected chi connectivity index (χ2v) is 35.1.